The number of aromatic nitrogens is 2. The minimum Gasteiger partial charge on any atom is -0.370 e. The topological polar surface area (TPSA) is 110 Å². The third-order valence-corrected chi connectivity index (χ3v) is 2.98. The van der Waals surface area contributed by atoms with Crippen molar-refractivity contribution in [2.24, 2.45) is 5.73 Å². The highest BCUT2D eigenvalue weighted by Crippen LogP contribution is 2.21. The summed E-state index contributed by atoms with van der Waals surface area (Å²) in [5.41, 5.74) is 6.70. The molecule has 0 atom stereocenters. The number of aryl methyl sites for hydroxylation is 1. The van der Waals surface area contributed by atoms with Crippen LogP contribution < -0.4 is 16.4 Å². The Kier molecular flexibility index (Phi) is 4.67. The predicted octanol–water partition coefficient (Wildman–Crippen LogP) is 1.57. The van der Waals surface area contributed by atoms with Crippen molar-refractivity contribution >= 4 is 23.5 Å². The van der Waals surface area contributed by atoms with E-state index in [1.807, 2.05) is 6.92 Å². The number of nitrogens with one attached hydrogen (secondary N) is 2. The van der Waals surface area contributed by atoms with Crippen molar-refractivity contribution < 1.29 is 9.59 Å². The van der Waals surface area contributed by atoms with Gasteiger partial charge in [0.15, 0.2) is 0 Å². The zero-order valence-corrected chi connectivity index (χ0v) is 12.4. The van der Waals surface area contributed by atoms with Crippen molar-refractivity contribution in [2.75, 3.05) is 17.2 Å². The number of anilines is 2. The molecule has 2 rings (SSSR count). The van der Waals surface area contributed by atoms with Gasteiger partial charge in [0.2, 0.25) is 0 Å². The van der Waals surface area contributed by atoms with Gasteiger partial charge in [-0.15, -0.1) is 0 Å². The fraction of sp³-hybridized carbons (Fsp3) is 0.200. The van der Waals surface area contributed by atoms with Crippen LogP contribution in [-0.2, 0) is 0 Å². The van der Waals surface area contributed by atoms with Crippen molar-refractivity contribution in [1.29, 1.82) is 0 Å². The van der Waals surface area contributed by atoms with Gasteiger partial charge in [0.1, 0.15) is 11.6 Å². The summed E-state index contributed by atoms with van der Waals surface area (Å²) in [5.74, 6) is -0.174. The molecule has 2 aromatic rings. The van der Waals surface area contributed by atoms with Gasteiger partial charge in [0.25, 0.3) is 11.8 Å². The Bertz CT molecular complexity index is 701. The quantitative estimate of drug-likeness (QED) is 0.776. The summed E-state index contributed by atoms with van der Waals surface area (Å²) in [6.07, 6.45) is 3.05. The van der Waals surface area contributed by atoms with E-state index in [0.29, 0.717) is 34.9 Å². The van der Waals surface area contributed by atoms with Crippen LogP contribution in [0.3, 0.4) is 0 Å². The lowest BCUT2D eigenvalue weighted by molar-refractivity contribution is 0.0998. The smallest absolute Gasteiger partial charge is 0.258 e. The van der Waals surface area contributed by atoms with Crippen LogP contribution in [0.2, 0.25) is 0 Å². The third kappa shape index (κ3) is 3.38. The maximum Gasteiger partial charge on any atom is 0.258 e. The molecular formula is C15H17N5O2. The summed E-state index contributed by atoms with van der Waals surface area (Å²) < 4.78 is 0. The van der Waals surface area contributed by atoms with Gasteiger partial charge in [-0.25, -0.2) is 4.98 Å². The van der Waals surface area contributed by atoms with Gasteiger partial charge in [-0.2, -0.15) is 0 Å². The number of nitrogens with two attached hydrogens (primary N) is 1. The van der Waals surface area contributed by atoms with Crippen LogP contribution in [0.15, 0.2) is 30.6 Å². The second kappa shape index (κ2) is 6.66. The van der Waals surface area contributed by atoms with Gasteiger partial charge in [-0.1, -0.05) is 0 Å². The Morgan fingerprint density at radius 1 is 1.32 bits per heavy atom. The number of hydrogen-bond acceptors (Lipinski definition) is 5. The number of amides is 2. The van der Waals surface area contributed by atoms with Crippen molar-refractivity contribution in [1.82, 2.24) is 9.97 Å². The standard InChI is InChI=1S/C15H17N5O2/c1-3-18-14-11(12(16)21)7-9(2)13(19-14)20-15(22)10-5-4-6-17-8-10/h4-8H,3H2,1-2H3,(H2,16,21)(H2,18,19,20,22). The molecule has 2 heterocycles. The normalized spacial score (nSPS) is 10.1. The van der Waals surface area contributed by atoms with E-state index < -0.39 is 5.91 Å². The molecule has 0 bridgehead atoms. The first-order valence-electron chi connectivity index (χ1n) is 6.79. The van der Waals surface area contributed by atoms with Crippen LogP contribution in [0.5, 0.6) is 0 Å². The average molecular weight is 299 g/mol. The van der Waals surface area contributed by atoms with Crippen molar-refractivity contribution in [3.05, 3.63) is 47.3 Å². The van der Waals surface area contributed by atoms with E-state index in [4.69, 9.17) is 5.73 Å². The molecule has 22 heavy (non-hydrogen) atoms. The first-order chi connectivity index (χ1) is 10.5. The molecule has 7 heteroatoms. The molecule has 4 N–H and O–H groups in total. The van der Waals surface area contributed by atoms with E-state index in [1.165, 1.54) is 6.20 Å². The number of carbonyl (C=O) groups is 2. The van der Waals surface area contributed by atoms with Gasteiger partial charge in [0.05, 0.1) is 11.1 Å². The number of rotatable bonds is 5. The van der Waals surface area contributed by atoms with Crippen LogP contribution in [0.25, 0.3) is 0 Å². The highest BCUT2D eigenvalue weighted by Gasteiger charge is 2.15. The minimum atomic E-state index is -0.573. The lowest BCUT2D eigenvalue weighted by atomic mass is 10.1. The number of carbonyl (C=O) groups excluding carboxylic acids is 2. The number of pyridine rings is 2. The second-order valence-corrected chi connectivity index (χ2v) is 4.64. The summed E-state index contributed by atoms with van der Waals surface area (Å²) in [5, 5.41) is 5.67. The molecule has 0 spiro atoms. The molecule has 114 valence electrons. The SMILES string of the molecule is CCNc1nc(NC(=O)c2cccnc2)c(C)cc1C(N)=O. The summed E-state index contributed by atoms with van der Waals surface area (Å²) in [6.45, 7) is 4.19. The zero-order valence-electron chi connectivity index (χ0n) is 12.4. The molecule has 0 fully saturated rings. The molecule has 0 aliphatic heterocycles. The van der Waals surface area contributed by atoms with E-state index in [0.717, 1.165) is 0 Å². The lowest BCUT2D eigenvalue weighted by Gasteiger charge is -2.13. The molecule has 0 saturated carbocycles. The fourth-order valence-corrected chi connectivity index (χ4v) is 1.91. The Hall–Kier alpha value is -2.96. The molecule has 0 aliphatic carbocycles. The predicted molar refractivity (Wildman–Crippen MR) is 83.8 cm³/mol. The second-order valence-electron chi connectivity index (χ2n) is 4.64. The molecule has 2 amide bonds. The van der Waals surface area contributed by atoms with Crippen molar-refractivity contribution in [2.45, 2.75) is 13.8 Å². The number of primary amides is 1. The summed E-state index contributed by atoms with van der Waals surface area (Å²) in [4.78, 5) is 31.8. The van der Waals surface area contributed by atoms with E-state index in [9.17, 15) is 9.59 Å². The Morgan fingerprint density at radius 2 is 2.09 bits per heavy atom. The molecular weight excluding hydrogens is 282 g/mol. The van der Waals surface area contributed by atoms with Gasteiger partial charge < -0.3 is 16.4 Å². The Labute approximate surface area is 128 Å². The summed E-state index contributed by atoms with van der Waals surface area (Å²) in [6, 6.07) is 4.93. The van der Waals surface area contributed by atoms with E-state index in [2.05, 4.69) is 20.6 Å². The van der Waals surface area contributed by atoms with Crippen molar-refractivity contribution in [3.63, 3.8) is 0 Å². The highest BCUT2D eigenvalue weighted by molar-refractivity contribution is 6.04. The minimum absolute atomic E-state index is 0.290. The molecule has 0 aromatic carbocycles. The first-order valence-corrected chi connectivity index (χ1v) is 6.79. The molecule has 0 aliphatic rings. The van der Waals surface area contributed by atoms with Crippen LogP contribution in [0.1, 0.15) is 33.2 Å². The Balaban J connectivity index is 2.33. The van der Waals surface area contributed by atoms with E-state index >= 15 is 0 Å². The van der Waals surface area contributed by atoms with E-state index in [-0.39, 0.29) is 5.91 Å². The van der Waals surface area contributed by atoms with Crippen LogP contribution in [-0.4, -0.2) is 28.3 Å². The first kappa shape index (κ1) is 15.4. The van der Waals surface area contributed by atoms with E-state index in [1.54, 1.807) is 31.3 Å². The zero-order chi connectivity index (χ0) is 16.1. The van der Waals surface area contributed by atoms with Crippen LogP contribution >= 0.6 is 0 Å². The number of nitrogens with zero attached hydrogens (tertiary/aromatic N) is 2. The number of hydrogen-bond donors (Lipinski definition) is 3. The molecule has 0 unspecified atom stereocenters. The monoisotopic (exact) mass is 299 g/mol. The molecule has 7 nitrogen and oxygen atoms in total. The van der Waals surface area contributed by atoms with Gasteiger partial charge in [-0.05, 0) is 37.6 Å². The summed E-state index contributed by atoms with van der Waals surface area (Å²) in [7, 11) is 0. The van der Waals surface area contributed by atoms with Crippen LogP contribution in [0.4, 0.5) is 11.6 Å². The van der Waals surface area contributed by atoms with Gasteiger partial charge >= 0.3 is 0 Å². The maximum absolute atomic E-state index is 12.2. The Morgan fingerprint density at radius 3 is 2.68 bits per heavy atom. The highest BCUT2D eigenvalue weighted by atomic mass is 16.2. The lowest BCUT2D eigenvalue weighted by Crippen LogP contribution is -2.19. The summed E-state index contributed by atoms with van der Waals surface area (Å²) >= 11 is 0. The van der Waals surface area contributed by atoms with Crippen molar-refractivity contribution in [3.8, 4) is 0 Å². The largest absolute Gasteiger partial charge is 0.370 e. The molecule has 0 saturated heterocycles. The maximum atomic E-state index is 12.2. The molecule has 2 aromatic heterocycles. The third-order valence-electron chi connectivity index (χ3n) is 2.98. The molecule has 0 radical (unpaired) electrons. The van der Waals surface area contributed by atoms with Gasteiger partial charge in [0, 0.05) is 18.9 Å². The van der Waals surface area contributed by atoms with Crippen LogP contribution in [0, 0.1) is 6.92 Å². The fourth-order valence-electron chi connectivity index (χ4n) is 1.91. The van der Waals surface area contributed by atoms with Gasteiger partial charge in [-0.3, -0.25) is 14.6 Å². The average Bonchev–Trinajstić information content (AvgIpc) is 2.51.